The van der Waals surface area contributed by atoms with E-state index in [0.29, 0.717) is 17.7 Å². The zero-order valence-electron chi connectivity index (χ0n) is 13.0. The molecule has 0 bridgehead atoms. The Kier molecular flexibility index (Phi) is 4.88. The average Bonchev–Trinajstić information content (AvgIpc) is 2.81. The van der Waals surface area contributed by atoms with Crippen molar-refractivity contribution in [1.29, 1.82) is 0 Å². The van der Waals surface area contributed by atoms with Gasteiger partial charge in [0.2, 0.25) is 0 Å². The lowest BCUT2D eigenvalue weighted by Crippen LogP contribution is -2.32. The molecule has 1 aromatic carbocycles. The van der Waals surface area contributed by atoms with Crippen LogP contribution in [0.1, 0.15) is 52.8 Å². The first kappa shape index (κ1) is 15.2. The molecule has 2 heterocycles. The number of benzene rings is 1. The summed E-state index contributed by atoms with van der Waals surface area (Å²) in [4.78, 5) is 28.3. The number of imide groups is 1. The van der Waals surface area contributed by atoms with E-state index in [-0.39, 0.29) is 11.8 Å². The topological polar surface area (TPSA) is 40.6 Å². The van der Waals surface area contributed by atoms with Gasteiger partial charge in [0, 0.05) is 6.54 Å². The minimum absolute atomic E-state index is 0.132. The first-order chi connectivity index (χ1) is 10.8. The standard InChI is InChI=1S/C18H23N2O2/c21-17-15-9-3-4-10-16(15)18(22)20(17)14-8-2-7-13-19-11-5-1-6-12-19/h1,3-4,9-10H,2,5-8,11-14H2. The molecule has 0 saturated carbocycles. The van der Waals surface area contributed by atoms with Crippen molar-refractivity contribution < 1.29 is 9.59 Å². The Labute approximate surface area is 132 Å². The van der Waals surface area contributed by atoms with Crippen LogP contribution in [0.2, 0.25) is 0 Å². The third kappa shape index (κ3) is 3.22. The van der Waals surface area contributed by atoms with Gasteiger partial charge < -0.3 is 4.90 Å². The van der Waals surface area contributed by atoms with Crippen molar-refractivity contribution in [3.63, 3.8) is 0 Å². The molecule has 1 aromatic rings. The monoisotopic (exact) mass is 299 g/mol. The highest BCUT2D eigenvalue weighted by molar-refractivity contribution is 6.21. The smallest absolute Gasteiger partial charge is 0.261 e. The summed E-state index contributed by atoms with van der Waals surface area (Å²) in [7, 11) is 0. The first-order valence-electron chi connectivity index (χ1n) is 8.26. The van der Waals surface area contributed by atoms with Crippen LogP contribution < -0.4 is 0 Å². The molecule has 117 valence electrons. The highest BCUT2D eigenvalue weighted by Crippen LogP contribution is 2.22. The summed E-state index contributed by atoms with van der Waals surface area (Å²) in [5.74, 6) is -0.265. The number of rotatable bonds is 6. The van der Waals surface area contributed by atoms with E-state index in [1.807, 2.05) is 12.1 Å². The lowest BCUT2D eigenvalue weighted by atomic mass is 10.1. The highest BCUT2D eigenvalue weighted by atomic mass is 16.2. The van der Waals surface area contributed by atoms with Gasteiger partial charge >= 0.3 is 0 Å². The zero-order valence-corrected chi connectivity index (χ0v) is 13.0. The quantitative estimate of drug-likeness (QED) is 0.599. The molecule has 4 heteroatoms. The number of piperidine rings is 1. The maximum absolute atomic E-state index is 12.2. The summed E-state index contributed by atoms with van der Waals surface area (Å²) >= 11 is 0. The molecule has 0 atom stereocenters. The van der Waals surface area contributed by atoms with E-state index >= 15 is 0 Å². The van der Waals surface area contributed by atoms with Crippen LogP contribution in [0.15, 0.2) is 24.3 Å². The molecular weight excluding hydrogens is 276 g/mol. The van der Waals surface area contributed by atoms with Crippen molar-refractivity contribution in [2.24, 2.45) is 0 Å². The molecule has 1 saturated heterocycles. The predicted molar refractivity (Wildman–Crippen MR) is 85.6 cm³/mol. The molecule has 22 heavy (non-hydrogen) atoms. The Morgan fingerprint density at radius 1 is 0.818 bits per heavy atom. The first-order valence-corrected chi connectivity index (χ1v) is 8.26. The number of hydrogen-bond acceptors (Lipinski definition) is 3. The Bertz CT molecular complexity index is 515. The second-order valence-electron chi connectivity index (χ2n) is 6.08. The number of carbonyl (C=O) groups is 2. The van der Waals surface area contributed by atoms with Gasteiger partial charge in [-0.1, -0.05) is 18.6 Å². The second-order valence-corrected chi connectivity index (χ2v) is 6.08. The number of likely N-dealkylation sites (tertiary alicyclic amines) is 1. The predicted octanol–water partition coefficient (Wildman–Crippen LogP) is 2.75. The van der Waals surface area contributed by atoms with Crippen LogP contribution in [0.3, 0.4) is 0 Å². The van der Waals surface area contributed by atoms with Crippen LogP contribution in [-0.2, 0) is 0 Å². The normalized spacial score (nSPS) is 18.8. The highest BCUT2D eigenvalue weighted by Gasteiger charge is 2.34. The van der Waals surface area contributed by atoms with Crippen molar-refractivity contribution in [3.05, 3.63) is 41.8 Å². The molecule has 1 radical (unpaired) electrons. The number of amides is 2. The van der Waals surface area contributed by atoms with E-state index in [2.05, 4.69) is 11.3 Å². The molecule has 2 aliphatic heterocycles. The lowest BCUT2D eigenvalue weighted by Gasteiger charge is -2.26. The van der Waals surface area contributed by atoms with Gasteiger partial charge in [-0.25, -0.2) is 0 Å². The van der Waals surface area contributed by atoms with Gasteiger partial charge in [-0.2, -0.15) is 0 Å². The van der Waals surface area contributed by atoms with Crippen LogP contribution >= 0.6 is 0 Å². The molecule has 0 spiro atoms. The average molecular weight is 299 g/mol. The summed E-state index contributed by atoms with van der Waals surface area (Å²) in [6.07, 6.45) is 7.87. The number of carbonyl (C=O) groups excluding carboxylic acids is 2. The fourth-order valence-corrected chi connectivity index (χ4v) is 3.25. The summed E-state index contributed by atoms with van der Waals surface area (Å²) in [6, 6.07) is 7.10. The third-order valence-corrected chi connectivity index (χ3v) is 4.53. The molecule has 0 aromatic heterocycles. The molecule has 0 aliphatic carbocycles. The summed E-state index contributed by atoms with van der Waals surface area (Å²) in [6.45, 7) is 4.03. The molecular formula is C18H23N2O2. The van der Waals surface area contributed by atoms with E-state index < -0.39 is 0 Å². The van der Waals surface area contributed by atoms with Crippen LogP contribution in [0.4, 0.5) is 0 Å². The molecule has 1 fully saturated rings. The van der Waals surface area contributed by atoms with Gasteiger partial charge in [-0.05, 0) is 63.9 Å². The van der Waals surface area contributed by atoms with Crippen molar-refractivity contribution in [3.8, 4) is 0 Å². The fourth-order valence-electron chi connectivity index (χ4n) is 3.25. The van der Waals surface area contributed by atoms with Crippen LogP contribution in [0, 0.1) is 6.42 Å². The summed E-state index contributed by atoms with van der Waals surface area (Å²) in [5, 5.41) is 0. The third-order valence-electron chi connectivity index (χ3n) is 4.53. The number of nitrogens with zero attached hydrogens (tertiary/aromatic N) is 2. The van der Waals surface area contributed by atoms with Crippen molar-refractivity contribution in [2.75, 3.05) is 26.2 Å². The minimum atomic E-state index is -0.132. The van der Waals surface area contributed by atoms with E-state index in [0.717, 1.165) is 25.8 Å². The van der Waals surface area contributed by atoms with Gasteiger partial charge in [-0.3, -0.25) is 14.5 Å². The zero-order chi connectivity index (χ0) is 15.4. The van der Waals surface area contributed by atoms with Gasteiger partial charge in [0.05, 0.1) is 11.1 Å². The van der Waals surface area contributed by atoms with Gasteiger partial charge in [0.25, 0.3) is 11.8 Å². The molecule has 2 aliphatic rings. The number of unbranched alkanes of at least 4 members (excludes halogenated alkanes) is 2. The molecule has 4 nitrogen and oxygen atoms in total. The van der Waals surface area contributed by atoms with Crippen molar-refractivity contribution in [2.45, 2.75) is 32.1 Å². The second kappa shape index (κ2) is 7.05. The number of hydrogen-bond donors (Lipinski definition) is 0. The fraction of sp³-hybridized carbons (Fsp3) is 0.500. The lowest BCUT2D eigenvalue weighted by molar-refractivity contribution is 0.0651. The Morgan fingerprint density at radius 3 is 2.05 bits per heavy atom. The van der Waals surface area contributed by atoms with E-state index in [9.17, 15) is 9.59 Å². The maximum atomic E-state index is 12.2. The molecule has 0 N–H and O–H groups in total. The molecule has 2 amide bonds. The maximum Gasteiger partial charge on any atom is 0.261 e. The Morgan fingerprint density at radius 2 is 1.41 bits per heavy atom. The van der Waals surface area contributed by atoms with E-state index in [4.69, 9.17) is 0 Å². The Balaban J connectivity index is 1.41. The van der Waals surface area contributed by atoms with E-state index in [1.165, 1.54) is 30.8 Å². The van der Waals surface area contributed by atoms with E-state index in [1.54, 1.807) is 12.1 Å². The van der Waals surface area contributed by atoms with Crippen LogP contribution in [0.25, 0.3) is 0 Å². The van der Waals surface area contributed by atoms with Gasteiger partial charge in [0.1, 0.15) is 0 Å². The summed E-state index contributed by atoms with van der Waals surface area (Å²) < 4.78 is 0. The largest absolute Gasteiger partial charge is 0.303 e. The summed E-state index contributed by atoms with van der Waals surface area (Å²) in [5.41, 5.74) is 1.11. The van der Waals surface area contributed by atoms with Crippen LogP contribution in [0.5, 0.6) is 0 Å². The SMILES string of the molecule is O=C1c2ccccc2C(=O)N1CCCCCN1CC[CH]CC1. The Hall–Kier alpha value is -1.68. The van der Waals surface area contributed by atoms with Gasteiger partial charge in [-0.15, -0.1) is 0 Å². The number of fused-ring (bicyclic) bond motifs is 1. The molecule has 0 unspecified atom stereocenters. The van der Waals surface area contributed by atoms with Crippen molar-refractivity contribution >= 4 is 11.8 Å². The van der Waals surface area contributed by atoms with Crippen LogP contribution in [-0.4, -0.2) is 47.8 Å². The van der Waals surface area contributed by atoms with Crippen molar-refractivity contribution in [1.82, 2.24) is 9.80 Å². The minimum Gasteiger partial charge on any atom is -0.303 e. The molecule has 3 rings (SSSR count). The van der Waals surface area contributed by atoms with Gasteiger partial charge in [0.15, 0.2) is 0 Å².